The van der Waals surface area contributed by atoms with Crippen LogP contribution in [-0.2, 0) is 6.54 Å². The summed E-state index contributed by atoms with van der Waals surface area (Å²) in [5.74, 6) is -0.285. The van der Waals surface area contributed by atoms with Gasteiger partial charge >= 0.3 is 0 Å². The van der Waals surface area contributed by atoms with Crippen molar-refractivity contribution in [3.8, 4) is 0 Å². The number of carbonyl (C=O) groups is 2. The van der Waals surface area contributed by atoms with Gasteiger partial charge in [-0.3, -0.25) is 9.59 Å². The highest BCUT2D eigenvalue weighted by molar-refractivity contribution is 7.09. The van der Waals surface area contributed by atoms with Gasteiger partial charge in [0.05, 0.1) is 10.0 Å². The van der Waals surface area contributed by atoms with Crippen molar-refractivity contribution in [1.29, 1.82) is 0 Å². The molecule has 2 heterocycles. The largest absolute Gasteiger partial charge is 0.339 e. The zero-order chi connectivity index (χ0) is 22.0. The summed E-state index contributed by atoms with van der Waals surface area (Å²) in [7, 11) is 0. The van der Waals surface area contributed by atoms with Gasteiger partial charge in [0.2, 0.25) is 0 Å². The standard InChI is InChI=1S/C23H21Cl2N3O2S/c1-15-13-28(23(31-15)26-21(29)18-8-9-19(24)20(25)12-18)14-16-4-6-17(7-5-16)22(30)27-10-2-3-11-27/h4-9,12-13H,2-3,10-11,14H2,1H3. The molecule has 2 amide bonds. The molecule has 1 fully saturated rings. The van der Waals surface area contributed by atoms with Gasteiger partial charge in [-0.2, -0.15) is 4.99 Å². The van der Waals surface area contributed by atoms with Gasteiger partial charge in [-0.1, -0.05) is 35.3 Å². The Balaban J connectivity index is 1.54. The minimum absolute atomic E-state index is 0.0889. The van der Waals surface area contributed by atoms with Crippen LogP contribution in [0, 0.1) is 6.92 Å². The maximum absolute atomic E-state index is 12.6. The molecule has 0 spiro atoms. The molecule has 1 saturated heterocycles. The lowest BCUT2D eigenvalue weighted by Crippen LogP contribution is -2.27. The van der Waals surface area contributed by atoms with E-state index >= 15 is 0 Å². The first kappa shape index (κ1) is 21.8. The third kappa shape index (κ3) is 5.09. The van der Waals surface area contributed by atoms with Crippen molar-refractivity contribution >= 4 is 46.4 Å². The van der Waals surface area contributed by atoms with Gasteiger partial charge in [0.1, 0.15) is 0 Å². The topological polar surface area (TPSA) is 54.7 Å². The van der Waals surface area contributed by atoms with E-state index in [9.17, 15) is 9.59 Å². The summed E-state index contributed by atoms with van der Waals surface area (Å²) in [6, 6.07) is 12.4. The van der Waals surface area contributed by atoms with Crippen molar-refractivity contribution in [2.24, 2.45) is 4.99 Å². The molecule has 3 aromatic rings. The molecule has 0 atom stereocenters. The molecule has 0 radical (unpaired) electrons. The van der Waals surface area contributed by atoms with Crippen molar-refractivity contribution in [1.82, 2.24) is 9.47 Å². The van der Waals surface area contributed by atoms with Crippen molar-refractivity contribution in [3.05, 3.63) is 85.1 Å². The molecule has 160 valence electrons. The van der Waals surface area contributed by atoms with Crippen LogP contribution in [0.3, 0.4) is 0 Å². The second-order valence-electron chi connectivity index (χ2n) is 7.49. The summed E-state index contributed by atoms with van der Waals surface area (Å²) in [5, 5.41) is 0.716. The Morgan fingerprint density at radius 1 is 1.00 bits per heavy atom. The Labute approximate surface area is 194 Å². The van der Waals surface area contributed by atoms with Crippen LogP contribution in [0.15, 0.2) is 53.7 Å². The molecule has 4 rings (SSSR count). The highest BCUT2D eigenvalue weighted by Gasteiger charge is 2.19. The van der Waals surface area contributed by atoms with E-state index in [4.69, 9.17) is 23.2 Å². The smallest absolute Gasteiger partial charge is 0.279 e. The zero-order valence-electron chi connectivity index (χ0n) is 17.0. The zero-order valence-corrected chi connectivity index (χ0v) is 19.3. The number of amides is 2. The molecule has 1 aliphatic rings. The van der Waals surface area contributed by atoms with Crippen LogP contribution in [0.5, 0.6) is 0 Å². The summed E-state index contributed by atoms with van der Waals surface area (Å²) >= 11 is 13.4. The number of halogens is 2. The van der Waals surface area contributed by atoms with Gasteiger partial charge in [-0.15, -0.1) is 11.3 Å². The number of nitrogens with zero attached hydrogens (tertiary/aromatic N) is 3. The highest BCUT2D eigenvalue weighted by atomic mass is 35.5. The number of thiazole rings is 1. The van der Waals surface area contributed by atoms with Gasteiger partial charge in [0, 0.05) is 41.8 Å². The number of rotatable bonds is 4. The molecule has 0 unspecified atom stereocenters. The first-order chi connectivity index (χ1) is 14.9. The Morgan fingerprint density at radius 3 is 2.35 bits per heavy atom. The quantitative estimate of drug-likeness (QED) is 0.523. The predicted octanol–water partition coefficient (Wildman–Crippen LogP) is 5.19. The third-order valence-electron chi connectivity index (χ3n) is 5.15. The van der Waals surface area contributed by atoms with Crippen LogP contribution in [-0.4, -0.2) is 34.4 Å². The van der Waals surface area contributed by atoms with E-state index in [1.807, 2.05) is 46.9 Å². The summed E-state index contributed by atoms with van der Waals surface area (Å²) in [4.78, 5) is 33.0. The lowest BCUT2D eigenvalue weighted by atomic mass is 10.1. The summed E-state index contributed by atoms with van der Waals surface area (Å²) in [5.41, 5.74) is 2.12. The summed E-state index contributed by atoms with van der Waals surface area (Å²) in [6.07, 6.45) is 4.12. The SMILES string of the molecule is Cc1cn(Cc2ccc(C(=O)N3CCCC3)cc2)c(=NC(=O)c2ccc(Cl)c(Cl)c2)s1. The van der Waals surface area contributed by atoms with Crippen molar-refractivity contribution in [3.63, 3.8) is 0 Å². The molecule has 8 heteroatoms. The summed E-state index contributed by atoms with van der Waals surface area (Å²) in [6.45, 7) is 4.20. The minimum Gasteiger partial charge on any atom is -0.339 e. The second kappa shape index (κ2) is 9.39. The van der Waals surface area contributed by atoms with Crippen molar-refractivity contribution in [2.75, 3.05) is 13.1 Å². The van der Waals surface area contributed by atoms with E-state index in [0.717, 1.165) is 36.4 Å². The van der Waals surface area contributed by atoms with Crippen LogP contribution < -0.4 is 4.80 Å². The molecule has 31 heavy (non-hydrogen) atoms. The van der Waals surface area contributed by atoms with E-state index in [0.29, 0.717) is 32.5 Å². The average molecular weight is 474 g/mol. The van der Waals surface area contributed by atoms with Gasteiger partial charge in [0.15, 0.2) is 4.80 Å². The van der Waals surface area contributed by atoms with Crippen LogP contribution >= 0.6 is 34.5 Å². The average Bonchev–Trinajstić information content (AvgIpc) is 3.40. The number of hydrogen-bond donors (Lipinski definition) is 0. The first-order valence-electron chi connectivity index (χ1n) is 10.00. The number of aromatic nitrogens is 1. The maximum Gasteiger partial charge on any atom is 0.279 e. The van der Waals surface area contributed by atoms with Crippen molar-refractivity contribution in [2.45, 2.75) is 26.3 Å². The fraction of sp³-hybridized carbons (Fsp3) is 0.261. The van der Waals surface area contributed by atoms with E-state index in [1.165, 1.54) is 17.4 Å². The summed E-state index contributed by atoms with van der Waals surface area (Å²) < 4.78 is 1.94. The minimum atomic E-state index is -0.374. The molecule has 1 aliphatic heterocycles. The van der Waals surface area contributed by atoms with Crippen LogP contribution in [0.4, 0.5) is 0 Å². The third-order valence-corrected chi connectivity index (χ3v) is 6.82. The number of carbonyl (C=O) groups excluding carboxylic acids is 2. The molecule has 0 bridgehead atoms. The van der Waals surface area contributed by atoms with Gasteiger partial charge in [-0.25, -0.2) is 0 Å². The number of hydrogen-bond acceptors (Lipinski definition) is 3. The molecule has 2 aromatic carbocycles. The predicted molar refractivity (Wildman–Crippen MR) is 124 cm³/mol. The molecule has 0 aliphatic carbocycles. The maximum atomic E-state index is 12.6. The number of benzene rings is 2. The normalized spacial score (nSPS) is 14.3. The van der Waals surface area contributed by atoms with Crippen molar-refractivity contribution < 1.29 is 9.59 Å². The number of aryl methyl sites for hydroxylation is 1. The van der Waals surface area contributed by atoms with Crippen LogP contribution in [0.25, 0.3) is 0 Å². The first-order valence-corrected chi connectivity index (χ1v) is 11.6. The van der Waals surface area contributed by atoms with Gasteiger partial charge in [-0.05, 0) is 55.7 Å². The lowest BCUT2D eigenvalue weighted by Gasteiger charge is -2.15. The molecular formula is C23H21Cl2N3O2S. The van der Waals surface area contributed by atoms with E-state index in [2.05, 4.69) is 4.99 Å². The van der Waals surface area contributed by atoms with E-state index in [1.54, 1.807) is 12.1 Å². The van der Waals surface area contributed by atoms with Crippen LogP contribution in [0.2, 0.25) is 10.0 Å². The van der Waals surface area contributed by atoms with E-state index < -0.39 is 0 Å². The fourth-order valence-corrected chi connectivity index (χ4v) is 4.67. The fourth-order valence-electron chi connectivity index (χ4n) is 3.54. The van der Waals surface area contributed by atoms with Gasteiger partial charge in [0.25, 0.3) is 11.8 Å². The Bertz CT molecular complexity index is 1190. The molecule has 0 N–H and O–H groups in total. The van der Waals surface area contributed by atoms with E-state index in [-0.39, 0.29) is 11.8 Å². The molecular weight excluding hydrogens is 453 g/mol. The Morgan fingerprint density at radius 2 is 1.68 bits per heavy atom. The second-order valence-corrected chi connectivity index (χ2v) is 9.52. The highest BCUT2D eigenvalue weighted by Crippen LogP contribution is 2.23. The molecule has 0 saturated carbocycles. The number of likely N-dealkylation sites (tertiary alicyclic amines) is 1. The molecule has 1 aromatic heterocycles. The lowest BCUT2D eigenvalue weighted by molar-refractivity contribution is 0.0792. The molecule has 5 nitrogen and oxygen atoms in total. The monoisotopic (exact) mass is 473 g/mol. The van der Waals surface area contributed by atoms with Crippen LogP contribution in [0.1, 0.15) is 44.0 Å². The Hall–Kier alpha value is -2.41. The Kier molecular flexibility index (Phi) is 6.60. The van der Waals surface area contributed by atoms with Gasteiger partial charge < -0.3 is 9.47 Å².